The molecule has 0 aliphatic rings. The highest BCUT2D eigenvalue weighted by Crippen LogP contribution is 2.49. The van der Waals surface area contributed by atoms with E-state index in [9.17, 15) is 22.5 Å². The Morgan fingerprint density at radius 1 is 0.854 bits per heavy atom. The molecule has 12 heteroatoms. The highest BCUT2D eigenvalue weighted by atomic mass is 31.2. The van der Waals surface area contributed by atoms with E-state index in [-0.39, 0.29) is 31.5 Å². The average molecular weight is 699 g/mol. The quantitative estimate of drug-likeness (QED) is 0.0772. The van der Waals surface area contributed by atoms with Crippen LogP contribution in [0.1, 0.15) is 109 Å². The minimum absolute atomic E-state index is 0.0349. The molecule has 2 rings (SSSR count). The molecule has 0 spiro atoms. The summed E-state index contributed by atoms with van der Waals surface area (Å²) in [5.41, 5.74) is 1.31. The molecule has 48 heavy (non-hydrogen) atoms. The number of benzene rings is 1. The lowest BCUT2D eigenvalue weighted by Crippen LogP contribution is -2.34. The Balaban J connectivity index is 1.92. The van der Waals surface area contributed by atoms with Crippen LogP contribution >= 0.6 is 7.60 Å². The minimum atomic E-state index is -4.43. The predicted octanol–water partition coefficient (Wildman–Crippen LogP) is 10.1. The van der Waals surface area contributed by atoms with Crippen molar-refractivity contribution in [3.8, 4) is 11.5 Å². The molecule has 1 aromatic heterocycles. The van der Waals surface area contributed by atoms with E-state index >= 15 is 0 Å². The van der Waals surface area contributed by atoms with Gasteiger partial charge in [-0.25, -0.2) is 0 Å². The van der Waals surface area contributed by atoms with Gasteiger partial charge < -0.3 is 23.8 Å². The third kappa shape index (κ3) is 19.2. The van der Waals surface area contributed by atoms with E-state index in [4.69, 9.17) is 18.5 Å². The number of halogens is 3. The smallest absolute Gasteiger partial charge is 0.422 e. The number of hydrogen-bond donors (Lipinski definition) is 1. The van der Waals surface area contributed by atoms with E-state index in [1.807, 2.05) is 12.1 Å². The molecule has 0 unspecified atom stereocenters. The minimum Gasteiger partial charge on any atom is -0.487 e. The zero-order valence-electron chi connectivity index (χ0n) is 28.8. The Hall–Kier alpha value is -2.88. The lowest BCUT2D eigenvalue weighted by molar-refractivity contribution is -0.153. The van der Waals surface area contributed by atoms with Crippen LogP contribution in [0.25, 0.3) is 0 Å². The highest BCUT2D eigenvalue weighted by Gasteiger charge is 2.28. The molecule has 0 aliphatic carbocycles. The summed E-state index contributed by atoms with van der Waals surface area (Å²) in [5.74, 6) is 1.94. The molecule has 0 bridgehead atoms. The van der Waals surface area contributed by atoms with Crippen LogP contribution in [0.5, 0.6) is 11.5 Å². The van der Waals surface area contributed by atoms with E-state index in [0.717, 1.165) is 24.8 Å². The fourth-order valence-corrected chi connectivity index (χ4v) is 6.40. The number of aromatic nitrogens is 1. The molecule has 0 saturated heterocycles. The number of carbonyl (C=O) groups excluding carboxylic acids is 1. The van der Waals surface area contributed by atoms with E-state index in [0.29, 0.717) is 24.3 Å². The van der Waals surface area contributed by atoms with Crippen LogP contribution < -0.4 is 14.8 Å². The molecule has 1 aromatic carbocycles. The number of amides is 1. The lowest BCUT2D eigenvalue weighted by atomic mass is 10.0. The summed E-state index contributed by atoms with van der Waals surface area (Å²) >= 11 is 0. The number of rotatable bonds is 26. The van der Waals surface area contributed by atoms with Crippen LogP contribution in [0, 0.1) is 0 Å². The van der Waals surface area contributed by atoms with Crippen LogP contribution in [0.4, 0.5) is 13.2 Å². The number of ether oxygens (including phenoxy) is 2. The van der Waals surface area contributed by atoms with E-state index < -0.39 is 26.4 Å². The number of unbranched alkanes of at least 4 members (excludes halogenated alkanes) is 10. The topological polar surface area (TPSA) is 96.0 Å². The van der Waals surface area contributed by atoms with Crippen LogP contribution in [-0.2, 0) is 31.4 Å². The fraction of sp³-hybridized carbons (Fsp3) is 0.611. The van der Waals surface area contributed by atoms with E-state index in [2.05, 4.69) is 17.2 Å². The maximum absolute atomic E-state index is 13.1. The summed E-state index contributed by atoms with van der Waals surface area (Å²) in [7, 11) is -3.45. The molecule has 270 valence electrons. The highest BCUT2D eigenvalue weighted by molar-refractivity contribution is 7.57. The molecular weight excluding hydrogens is 644 g/mol. The van der Waals surface area contributed by atoms with Crippen LogP contribution in [0.3, 0.4) is 0 Å². The summed E-state index contributed by atoms with van der Waals surface area (Å²) < 4.78 is 71.8. The van der Waals surface area contributed by atoms with Crippen molar-refractivity contribution in [2.24, 2.45) is 0 Å². The summed E-state index contributed by atoms with van der Waals surface area (Å²) in [6.07, 6.45) is 12.7. The number of alkyl halides is 3. The standard InChI is InChI=1S/C36H54F3N2O6P/c1-4-7-8-9-10-11-12-13-14-15-16-17-35(42)41-31(23-25-48(43,46-5-2)47-6-3)26-30-18-20-33(21-19-30)44-28-32-27-34(22-24-40-32)45-29-36(37,38)39/h18-25,27,31H,4-17,26,28-29H2,1-3H3,(H,41,42)/b25-23+/t31-/m1/s1. The molecule has 0 radical (unpaired) electrons. The van der Waals surface area contributed by atoms with Crippen molar-refractivity contribution in [2.45, 2.75) is 123 Å². The first-order valence-electron chi connectivity index (χ1n) is 17.3. The van der Waals surface area contributed by atoms with Crippen molar-refractivity contribution >= 4 is 13.5 Å². The van der Waals surface area contributed by atoms with Crippen molar-refractivity contribution in [1.29, 1.82) is 0 Å². The van der Waals surface area contributed by atoms with Crippen molar-refractivity contribution in [1.82, 2.24) is 10.3 Å². The molecular formula is C36H54F3N2O6P. The van der Waals surface area contributed by atoms with Gasteiger partial charge in [-0.3, -0.25) is 14.3 Å². The van der Waals surface area contributed by atoms with Gasteiger partial charge in [-0.05, 0) is 50.5 Å². The normalized spacial score (nSPS) is 12.7. The molecule has 1 atom stereocenters. The molecule has 0 fully saturated rings. The third-order valence-corrected chi connectivity index (χ3v) is 9.20. The van der Waals surface area contributed by atoms with Gasteiger partial charge in [-0.2, -0.15) is 13.2 Å². The maximum Gasteiger partial charge on any atom is 0.422 e. The van der Waals surface area contributed by atoms with Crippen molar-refractivity contribution in [3.63, 3.8) is 0 Å². The van der Waals surface area contributed by atoms with Gasteiger partial charge in [-0.1, -0.05) is 89.3 Å². The first-order valence-corrected chi connectivity index (χ1v) is 18.9. The molecule has 0 aliphatic heterocycles. The Morgan fingerprint density at radius 3 is 2.04 bits per heavy atom. The molecule has 1 heterocycles. The molecule has 0 saturated carbocycles. The summed E-state index contributed by atoms with van der Waals surface area (Å²) in [6, 6.07) is 9.54. The number of nitrogens with zero attached hydrogens (tertiary/aromatic N) is 1. The SMILES string of the molecule is CCCCCCCCCCCCCC(=O)N[C@H](/C=C/P(=O)(OCC)OCC)Cc1ccc(OCc2cc(OCC(F)(F)F)ccn2)cc1. The van der Waals surface area contributed by atoms with Crippen molar-refractivity contribution in [3.05, 3.63) is 65.7 Å². The van der Waals surface area contributed by atoms with Gasteiger partial charge in [0.25, 0.3) is 0 Å². The Bertz CT molecular complexity index is 1230. The summed E-state index contributed by atoms with van der Waals surface area (Å²) in [5, 5.41) is 3.06. The first kappa shape index (κ1) is 41.3. The van der Waals surface area contributed by atoms with Crippen molar-refractivity contribution < 1.29 is 41.1 Å². The Morgan fingerprint density at radius 2 is 1.46 bits per heavy atom. The zero-order chi connectivity index (χ0) is 35.1. The average Bonchev–Trinajstić information content (AvgIpc) is 3.05. The van der Waals surface area contributed by atoms with Crippen molar-refractivity contribution in [2.75, 3.05) is 19.8 Å². The van der Waals surface area contributed by atoms with Crippen LogP contribution in [0.15, 0.2) is 54.5 Å². The fourth-order valence-electron chi connectivity index (χ4n) is 5.01. The maximum atomic E-state index is 13.1. The number of hydrogen-bond acceptors (Lipinski definition) is 7. The molecule has 8 nitrogen and oxygen atoms in total. The van der Waals surface area contributed by atoms with E-state index in [1.54, 1.807) is 32.1 Å². The van der Waals surface area contributed by atoms with Gasteiger partial charge >= 0.3 is 13.8 Å². The molecule has 2 aromatic rings. The van der Waals surface area contributed by atoms with Gasteiger partial charge in [0.15, 0.2) is 6.61 Å². The van der Waals surface area contributed by atoms with Gasteiger partial charge in [0.05, 0.1) is 24.9 Å². The predicted molar refractivity (Wildman–Crippen MR) is 183 cm³/mol. The number of carbonyl (C=O) groups is 1. The Labute approximate surface area is 284 Å². The molecule has 1 N–H and O–H groups in total. The van der Waals surface area contributed by atoms with Gasteiger partial charge in [-0.15, -0.1) is 0 Å². The Kier molecular flexibility index (Phi) is 20.2. The van der Waals surface area contributed by atoms with E-state index in [1.165, 1.54) is 75.5 Å². The van der Waals surface area contributed by atoms with Crippen LogP contribution in [0.2, 0.25) is 0 Å². The largest absolute Gasteiger partial charge is 0.487 e. The van der Waals surface area contributed by atoms with Gasteiger partial charge in [0, 0.05) is 24.5 Å². The number of nitrogens with one attached hydrogen (secondary N) is 1. The summed E-state index contributed by atoms with van der Waals surface area (Å²) in [6.45, 7) is 4.81. The third-order valence-electron chi connectivity index (χ3n) is 7.43. The van der Waals surface area contributed by atoms with Crippen LogP contribution in [-0.4, -0.2) is 42.9 Å². The molecule has 1 amide bonds. The second kappa shape index (κ2) is 23.5. The monoisotopic (exact) mass is 698 g/mol. The summed E-state index contributed by atoms with van der Waals surface area (Å²) in [4.78, 5) is 17.0. The van der Waals surface area contributed by atoms with Gasteiger partial charge in [0.1, 0.15) is 18.1 Å². The lowest BCUT2D eigenvalue weighted by Gasteiger charge is -2.18. The number of pyridine rings is 1. The van der Waals surface area contributed by atoms with Gasteiger partial charge in [0.2, 0.25) is 5.91 Å². The second-order valence-electron chi connectivity index (χ2n) is 11.7. The second-order valence-corrected chi connectivity index (χ2v) is 13.6. The first-order chi connectivity index (χ1) is 23.1. The zero-order valence-corrected chi connectivity index (χ0v) is 29.7.